The average Bonchev–Trinajstić information content (AvgIpc) is 3.18. The van der Waals surface area contributed by atoms with E-state index in [-0.39, 0.29) is 30.2 Å². The highest BCUT2D eigenvalue weighted by atomic mass is 35.5. The Morgan fingerprint density at radius 1 is 1.37 bits per heavy atom. The van der Waals surface area contributed by atoms with Crippen molar-refractivity contribution in [2.45, 2.75) is 63.2 Å². The minimum absolute atomic E-state index is 0. The van der Waals surface area contributed by atoms with Crippen molar-refractivity contribution >= 4 is 18.3 Å². The Hall–Kier alpha value is -2.06. The zero-order valence-electron chi connectivity index (χ0n) is 15.1. The second-order valence-electron chi connectivity index (χ2n) is 7.34. The van der Waals surface area contributed by atoms with Gasteiger partial charge in [0.05, 0.1) is 0 Å². The third-order valence-electron chi connectivity index (χ3n) is 5.39. The van der Waals surface area contributed by atoms with Gasteiger partial charge in [-0.3, -0.25) is 4.79 Å². The molecule has 4 rings (SSSR count). The molecule has 7 nitrogen and oxygen atoms in total. The molecule has 0 spiro atoms. The van der Waals surface area contributed by atoms with Crippen LogP contribution in [-0.4, -0.2) is 44.2 Å². The molecule has 2 saturated heterocycles. The van der Waals surface area contributed by atoms with Gasteiger partial charge in [-0.1, -0.05) is 12.1 Å². The highest BCUT2D eigenvalue weighted by Crippen LogP contribution is 2.27. The monoisotopic (exact) mass is 394 g/mol. The van der Waals surface area contributed by atoms with E-state index >= 15 is 0 Å². The number of amides is 1. The minimum Gasteiger partial charge on any atom is -0.351 e. The lowest BCUT2D eigenvalue weighted by atomic mass is 9.98. The van der Waals surface area contributed by atoms with E-state index in [9.17, 15) is 9.18 Å². The first-order valence-corrected chi connectivity index (χ1v) is 9.14. The summed E-state index contributed by atoms with van der Waals surface area (Å²) in [6.07, 6.45) is 4.59. The first-order valence-electron chi connectivity index (χ1n) is 9.14. The van der Waals surface area contributed by atoms with Crippen molar-refractivity contribution in [3.63, 3.8) is 0 Å². The summed E-state index contributed by atoms with van der Waals surface area (Å²) in [7, 11) is 0. The molecule has 2 N–H and O–H groups in total. The minimum atomic E-state index is -0.598. The summed E-state index contributed by atoms with van der Waals surface area (Å²) in [5, 5.41) is 18.3. The van der Waals surface area contributed by atoms with Gasteiger partial charge in [0, 0.05) is 24.5 Å². The van der Waals surface area contributed by atoms with Crippen molar-refractivity contribution in [2.24, 2.45) is 0 Å². The number of rotatable bonds is 5. The van der Waals surface area contributed by atoms with Crippen LogP contribution in [0.3, 0.4) is 0 Å². The van der Waals surface area contributed by atoms with E-state index < -0.39 is 6.04 Å². The third-order valence-corrected chi connectivity index (χ3v) is 5.39. The fourth-order valence-electron chi connectivity index (χ4n) is 4.18. The summed E-state index contributed by atoms with van der Waals surface area (Å²) in [4.78, 5) is 13.0. The van der Waals surface area contributed by atoms with Crippen molar-refractivity contribution in [1.82, 2.24) is 30.8 Å². The molecule has 2 aliphatic heterocycles. The second kappa shape index (κ2) is 8.31. The lowest BCUT2D eigenvalue weighted by Crippen LogP contribution is -2.49. The number of benzene rings is 1. The Labute approximate surface area is 163 Å². The molecule has 2 fully saturated rings. The van der Waals surface area contributed by atoms with Crippen LogP contribution in [0.4, 0.5) is 4.39 Å². The zero-order valence-corrected chi connectivity index (χ0v) is 16.0. The van der Waals surface area contributed by atoms with Crippen LogP contribution in [0.15, 0.2) is 24.3 Å². The number of hydrogen-bond donors (Lipinski definition) is 2. The largest absolute Gasteiger partial charge is 0.351 e. The Kier molecular flexibility index (Phi) is 6.06. The maximum atomic E-state index is 13.6. The molecule has 146 valence electrons. The van der Waals surface area contributed by atoms with Crippen LogP contribution >= 0.6 is 12.4 Å². The van der Waals surface area contributed by atoms with Crippen LogP contribution in [0.2, 0.25) is 0 Å². The van der Waals surface area contributed by atoms with E-state index in [0.29, 0.717) is 24.3 Å². The zero-order chi connectivity index (χ0) is 18.1. The molecule has 0 radical (unpaired) electrons. The number of carbonyl (C=O) groups is 1. The number of tetrazole rings is 1. The van der Waals surface area contributed by atoms with Crippen LogP contribution in [0.5, 0.6) is 0 Å². The maximum Gasteiger partial charge on any atom is 0.245 e. The predicted octanol–water partition coefficient (Wildman–Crippen LogP) is 1.73. The highest BCUT2D eigenvalue weighted by molar-refractivity contribution is 5.85. The summed E-state index contributed by atoms with van der Waals surface area (Å²) in [5.41, 5.74) is 0.741. The number of aryl methyl sites for hydroxylation is 1. The molecule has 9 heteroatoms. The average molecular weight is 395 g/mol. The molecule has 3 atom stereocenters. The first-order chi connectivity index (χ1) is 12.6. The van der Waals surface area contributed by atoms with Gasteiger partial charge in [0.15, 0.2) is 0 Å². The van der Waals surface area contributed by atoms with Gasteiger partial charge in [-0.05, 0) is 60.7 Å². The molecule has 2 bridgehead atoms. The topological polar surface area (TPSA) is 84.7 Å². The van der Waals surface area contributed by atoms with Gasteiger partial charge in [0.1, 0.15) is 17.7 Å². The highest BCUT2D eigenvalue weighted by Gasteiger charge is 2.35. The molecule has 3 unspecified atom stereocenters. The summed E-state index contributed by atoms with van der Waals surface area (Å²) in [6.45, 7) is 1.76. The van der Waals surface area contributed by atoms with Crippen molar-refractivity contribution in [3.8, 4) is 0 Å². The van der Waals surface area contributed by atoms with Crippen molar-refractivity contribution in [1.29, 1.82) is 0 Å². The molecular weight excluding hydrogens is 371 g/mol. The van der Waals surface area contributed by atoms with E-state index in [4.69, 9.17) is 0 Å². The molecule has 2 aromatic rings. The first kappa shape index (κ1) is 19.7. The molecule has 1 aromatic carbocycles. The number of hydrogen-bond acceptors (Lipinski definition) is 5. The summed E-state index contributed by atoms with van der Waals surface area (Å²) >= 11 is 0. The molecule has 0 saturated carbocycles. The summed E-state index contributed by atoms with van der Waals surface area (Å²) in [6, 6.07) is 6.86. The fraction of sp³-hybridized carbons (Fsp3) is 0.556. The Bertz CT molecular complexity index is 788. The van der Waals surface area contributed by atoms with Gasteiger partial charge in [-0.25, -0.2) is 9.07 Å². The molecule has 1 aromatic heterocycles. The second-order valence-corrected chi connectivity index (χ2v) is 7.34. The van der Waals surface area contributed by atoms with Crippen LogP contribution in [-0.2, 0) is 11.2 Å². The van der Waals surface area contributed by atoms with Gasteiger partial charge in [0.25, 0.3) is 0 Å². The van der Waals surface area contributed by atoms with Gasteiger partial charge in [0.2, 0.25) is 5.91 Å². The van der Waals surface area contributed by atoms with Crippen molar-refractivity contribution in [3.05, 3.63) is 41.5 Å². The molecule has 2 aliphatic rings. The smallest absolute Gasteiger partial charge is 0.245 e. The van der Waals surface area contributed by atoms with Gasteiger partial charge in [-0.15, -0.1) is 17.5 Å². The lowest BCUT2D eigenvalue weighted by Gasteiger charge is -2.31. The molecule has 1 amide bonds. The number of nitrogens with one attached hydrogen (secondary N) is 2. The Morgan fingerprint density at radius 3 is 2.74 bits per heavy atom. The maximum absolute atomic E-state index is 13.6. The van der Waals surface area contributed by atoms with E-state index in [1.165, 1.54) is 29.7 Å². The SMILES string of the molecule is Cc1nnnn1C(Cc1cccc(F)c1)C(=O)NC1CC2CCC(C1)N2.Cl. The van der Waals surface area contributed by atoms with Gasteiger partial charge < -0.3 is 10.6 Å². The standard InChI is InChI=1S/C18H23FN6O.ClH/c1-11-22-23-24-25(11)17(8-12-3-2-4-13(19)7-12)18(26)21-16-9-14-5-6-15(10-16)20-14;/h2-4,7,14-17,20H,5-6,8-10H2,1H3,(H,21,26);1H. The molecule has 27 heavy (non-hydrogen) atoms. The van der Waals surface area contributed by atoms with Crippen molar-refractivity contribution in [2.75, 3.05) is 0 Å². The summed E-state index contributed by atoms with van der Waals surface area (Å²) in [5.74, 6) is 0.132. The fourth-order valence-corrected chi connectivity index (χ4v) is 4.18. The van der Waals surface area contributed by atoms with Gasteiger partial charge in [-0.2, -0.15) is 0 Å². The number of halogens is 2. The quantitative estimate of drug-likeness (QED) is 0.806. The van der Waals surface area contributed by atoms with Crippen LogP contribution in [0, 0.1) is 12.7 Å². The van der Waals surface area contributed by atoms with Crippen molar-refractivity contribution < 1.29 is 9.18 Å². The van der Waals surface area contributed by atoms with Gasteiger partial charge >= 0.3 is 0 Å². The van der Waals surface area contributed by atoms with E-state index in [2.05, 4.69) is 26.2 Å². The number of piperidine rings is 1. The van der Waals surface area contributed by atoms with E-state index in [1.54, 1.807) is 13.0 Å². The number of aromatic nitrogens is 4. The predicted molar refractivity (Wildman–Crippen MR) is 100 cm³/mol. The van der Waals surface area contributed by atoms with E-state index in [1.807, 2.05) is 6.07 Å². The lowest BCUT2D eigenvalue weighted by molar-refractivity contribution is -0.125. The number of carbonyl (C=O) groups excluding carboxylic acids is 1. The van der Waals surface area contributed by atoms with Crippen LogP contribution < -0.4 is 10.6 Å². The van der Waals surface area contributed by atoms with Crippen LogP contribution in [0.1, 0.15) is 43.1 Å². The molecular formula is C18H24ClFN6O. The third kappa shape index (κ3) is 4.44. The number of fused-ring (bicyclic) bond motifs is 2. The Balaban J connectivity index is 0.00000210. The normalized spacial score (nSPS) is 24.9. The van der Waals surface area contributed by atoms with E-state index in [0.717, 1.165) is 18.4 Å². The molecule has 0 aliphatic carbocycles. The Morgan fingerprint density at radius 2 is 2.11 bits per heavy atom. The van der Waals surface area contributed by atoms with Crippen LogP contribution in [0.25, 0.3) is 0 Å². The molecule has 3 heterocycles. The summed E-state index contributed by atoms with van der Waals surface area (Å²) < 4.78 is 15.1. The number of nitrogens with zero attached hydrogens (tertiary/aromatic N) is 4.